The van der Waals surface area contributed by atoms with Crippen molar-refractivity contribution in [2.45, 2.75) is 46.1 Å². The van der Waals surface area contributed by atoms with E-state index in [9.17, 15) is 4.79 Å². The van der Waals surface area contributed by atoms with Crippen LogP contribution in [-0.2, 0) is 17.7 Å². The third-order valence-electron chi connectivity index (χ3n) is 2.93. The zero-order chi connectivity index (χ0) is 11.7. The van der Waals surface area contributed by atoms with Crippen LogP contribution < -0.4 is 0 Å². The van der Waals surface area contributed by atoms with Gasteiger partial charge in [-0.1, -0.05) is 13.8 Å². The monoisotopic (exact) mass is 222 g/mol. The summed E-state index contributed by atoms with van der Waals surface area (Å²) in [6, 6.07) is 0. The molecular weight excluding hydrogens is 204 g/mol. The van der Waals surface area contributed by atoms with Gasteiger partial charge in [0.15, 0.2) is 5.69 Å². The molecule has 16 heavy (non-hydrogen) atoms. The zero-order valence-corrected chi connectivity index (χ0v) is 10.1. The maximum Gasteiger partial charge on any atom is 0.359 e. The molecule has 88 valence electrons. The molecule has 2 rings (SSSR count). The minimum absolute atomic E-state index is 0.284. The fraction of sp³-hybridized carbons (Fsp3) is 0.667. The number of carbonyl (C=O) groups excluding carboxylic acids is 1. The van der Waals surface area contributed by atoms with Crippen LogP contribution in [0.1, 0.15) is 54.9 Å². The molecule has 0 spiro atoms. The van der Waals surface area contributed by atoms with Crippen molar-refractivity contribution in [3.05, 3.63) is 17.0 Å². The summed E-state index contributed by atoms with van der Waals surface area (Å²) < 4.78 is 7.00. The second-order valence-corrected chi connectivity index (χ2v) is 4.41. The summed E-state index contributed by atoms with van der Waals surface area (Å²) in [5.41, 5.74) is 2.82. The van der Waals surface area contributed by atoms with Crippen LogP contribution in [0, 0.1) is 0 Å². The molecule has 0 atom stereocenters. The Hall–Kier alpha value is -1.32. The molecule has 0 fully saturated rings. The Labute approximate surface area is 95.6 Å². The first-order chi connectivity index (χ1) is 7.65. The van der Waals surface area contributed by atoms with Gasteiger partial charge in [-0.25, -0.2) is 4.79 Å². The van der Waals surface area contributed by atoms with Crippen molar-refractivity contribution >= 4 is 5.97 Å². The second kappa shape index (κ2) is 4.28. The van der Waals surface area contributed by atoms with Crippen molar-refractivity contribution in [2.75, 3.05) is 6.61 Å². The van der Waals surface area contributed by atoms with E-state index in [2.05, 4.69) is 18.9 Å². The lowest BCUT2D eigenvalue weighted by molar-refractivity contribution is 0.0516. The Balaban J connectivity index is 2.41. The minimum atomic E-state index is -0.284. The Kier molecular flexibility index (Phi) is 2.99. The molecule has 0 N–H and O–H groups in total. The lowest BCUT2D eigenvalue weighted by Crippen LogP contribution is -2.10. The van der Waals surface area contributed by atoms with Gasteiger partial charge >= 0.3 is 5.97 Å². The lowest BCUT2D eigenvalue weighted by Gasteiger charge is -2.07. The van der Waals surface area contributed by atoms with Gasteiger partial charge in [0.05, 0.1) is 6.61 Å². The molecule has 1 aliphatic heterocycles. The Morgan fingerprint density at radius 1 is 1.56 bits per heavy atom. The zero-order valence-electron chi connectivity index (χ0n) is 10.1. The third-order valence-corrected chi connectivity index (χ3v) is 2.93. The number of hydrogen-bond acceptors (Lipinski definition) is 3. The molecule has 0 radical (unpaired) electrons. The summed E-state index contributed by atoms with van der Waals surface area (Å²) in [6.07, 6.45) is 2.16. The highest BCUT2D eigenvalue weighted by Gasteiger charge is 2.27. The van der Waals surface area contributed by atoms with E-state index in [0.717, 1.165) is 24.9 Å². The Morgan fingerprint density at radius 3 is 2.94 bits per heavy atom. The van der Waals surface area contributed by atoms with Crippen LogP contribution in [0.2, 0.25) is 0 Å². The molecule has 0 saturated heterocycles. The number of rotatable bonds is 3. The predicted molar refractivity (Wildman–Crippen MR) is 60.6 cm³/mol. The van der Waals surface area contributed by atoms with Gasteiger partial charge in [0.1, 0.15) is 0 Å². The van der Waals surface area contributed by atoms with Crippen LogP contribution in [0.3, 0.4) is 0 Å². The van der Waals surface area contributed by atoms with E-state index in [1.54, 1.807) is 0 Å². The van der Waals surface area contributed by atoms with Gasteiger partial charge in [0, 0.05) is 17.8 Å². The van der Waals surface area contributed by atoms with Crippen molar-refractivity contribution in [3.63, 3.8) is 0 Å². The molecule has 0 aliphatic carbocycles. The number of carbonyl (C=O) groups is 1. The van der Waals surface area contributed by atoms with E-state index in [0.29, 0.717) is 18.2 Å². The molecule has 0 bridgehead atoms. The first-order valence-corrected chi connectivity index (χ1v) is 5.91. The van der Waals surface area contributed by atoms with E-state index in [4.69, 9.17) is 4.74 Å². The number of esters is 1. The van der Waals surface area contributed by atoms with Crippen LogP contribution in [0.5, 0.6) is 0 Å². The van der Waals surface area contributed by atoms with Crippen LogP contribution in [0.15, 0.2) is 0 Å². The summed E-state index contributed by atoms with van der Waals surface area (Å²) in [7, 11) is 0. The third kappa shape index (κ3) is 1.72. The molecule has 1 aromatic heterocycles. The lowest BCUT2D eigenvalue weighted by atomic mass is 9.99. The molecule has 0 amide bonds. The van der Waals surface area contributed by atoms with E-state index >= 15 is 0 Å². The number of hydrogen-bond donors (Lipinski definition) is 0. The van der Waals surface area contributed by atoms with Crippen LogP contribution >= 0.6 is 0 Å². The average Bonchev–Trinajstić information content (AvgIpc) is 2.74. The van der Waals surface area contributed by atoms with Crippen LogP contribution in [0.25, 0.3) is 0 Å². The standard InChI is InChI=1S/C12H18N2O2/c1-4-16-12(15)11-10(8(2)3)9-6-5-7-14(9)13-11/h8H,4-7H2,1-3H3. The van der Waals surface area contributed by atoms with E-state index < -0.39 is 0 Å². The minimum Gasteiger partial charge on any atom is -0.461 e. The molecular formula is C12H18N2O2. The molecule has 0 saturated carbocycles. The van der Waals surface area contributed by atoms with Crippen LogP contribution in [-0.4, -0.2) is 22.4 Å². The highest BCUT2D eigenvalue weighted by atomic mass is 16.5. The topological polar surface area (TPSA) is 44.1 Å². The smallest absolute Gasteiger partial charge is 0.359 e. The molecule has 4 nitrogen and oxygen atoms in total. The van der Waals surface area contributed by atoms with Gasteiger partial charge in [-0.3, -0.25) is 4.68 Å². The number of aryl methyl sites for hydroxylation is 1. The van der Waals surface area contributed by atoms with Crippen molar-refractivity contribution < 1.29 is 9.53 Å². The second-order valence-electron chi connectivity index (χ2n) is 4.41. The molecule has 2 heterocycles. The van der Waals surface area contributed by atoms with Crippen molar-refractivity contribution in [2.24, 2.45) is 0 Å². The number of fused-ring (bicyclic) bond motifs is 1. The predicted octanol–water partition coefficient (Wildman–Crippen LogP) is 2.13. The Morgan fingerprint density at radius 2 is 2.31 bits per heavy atom. The van der Waals surface area contributed by atoms with Crippen molar-refractivity contribution in [3.8, 4) is 0 Å². The maximum atomic E-state index is 11.8. The number of nitrogens with zero attached hydrogens (tertiary/aromatic N) is 2. The SMILES string of the molecule is CCOC(=O)c1nn2c(c1C(C)C)CCC2. The fourth-order valence-electron chi connectivity index (χ4n) is 2.31. The summed E-state index contributed by atoms with van der Waals surface area (Å²) in [4.78, 5) is 11.8. The number of aromatic nitrogens is 2. The van der Waals surface area contributed by atoms with Crippen molar-refractivity contribution in [1.29, 1.82) is 0 Å². The molecule has 0 unspecified atom stereocenters. The van der Waals surface area contributed by atoms with Gasteiger partial charge in [-0.2, -0.15) is 5.10 Å². The van der Waals surface area contributed by atoms with Gasteiger partial charge in [-0.15, -0.1) is 0 Å². The summed E-state index contributed by atoms with van der Waals surface area (Å²) >= 11 is 0. The normalized spacial score (nSPS) is 14.2. The molecule has 1 aliphatic rings. The Bertz CT molecular complexity index is 407. The summed E-state index contributed by atoms with van der Waals surface area (Å²) in [5, 5.41) is 4.37. The summed E-state index contributed by atoms with van der Waals surface area (Å²) in [6.45, 7) is 7.33. The van der Waals surface area contributed by atoms with E-state index in [-0.39, 0.29) is 5.97 Å². The molecule has 1 aromatic rings. The largest absolute Gasteiger partial charge is 0.461 e. The highest BCUT2D eigenvalue weighted by molar-refractivity contribution is 5.89. The van der Waals surface area contributed by atoms with Gasteiger partial charge < -0.3 is 4.74 Å². The quantitative estimate of drug-likeness (QED) is 0.736. The van der Waals surface area contributed by atoms with Gasteiger partial charge in [0.25, 0.3) is 0 Å². The van der Waals surface area contributed by atoms with E-state index in [1.807, 2.05) is 11.6 Å². The van der Waals surface area contributed by atoms with E-state index in [1.165, 1.54) is 5.69 Å². The number of ether oxygens (including phenoxy) is 1. The van der Waals surface area contributed by atoms with Crippen molar-refractivity contribution in [1.82, 2.24) is 9.78 Å². The molecule has 4 heteroatoms. The molecule has 0 aromatic carbocycles. The first kappa shape index (κ1) is 11.2. The first-order valence-electron chi connectivity index (χ1n) is 5.91. The van der Waals surface area contributed by atoms with Gasteiger partial charge in [-0.05, 0) is 25.7 Å². The fourth-order valence-corrected chi connectivity index (χ4v) is 2.31. The average molecular weight is 222 g/mol. The van der Waals surface area contributed by atoms with Crippen LogP contribution in [0.4, 0.5) is 0 Å². The maximum absolute atomic E-state index is 11.8. The summed E-state index contributed by atoms with van der Waals surface area (Å²) in [5.74, 6) is 0.0364. The highest BCUT2D eigenvalue weighted by Crippen LogP contribution is 2.28. The van der Waals surface area contributed by atoms with Gasteiger partial charge in [0.2, 0.25) is 0 Å².